The van der Waals surface area contributed by atoms with Crippen LogP contribution in [0.1, 0.15) is 135 Å². The molecule has 160 valence electrons. The second kappa shape index (κ2) is 11.1. The lowest BCUT2D eigenvalue weighted by molar-refractivity contribution is 0.137. The van der Waals surface area contributed by atoms with Crippen molar-refractivity contribution in [1.29, 1.82) is 0 Å². The fourth-order valence-corrected chi connectivity index (χ4v) is 3.94. The van der Waals surface area contributed by atoms with Crippen molar-refractivity contribution in [2.75, 3.05) is 0 Å². The third-order valence-electron chi connectivity index (χ3n) is 5.52. The fraction of sp³-hybridized carbons (Fsp3) is 1.00. The van der Waals surface area contributed by atoms with Gasteiger partial charge in [0.2, 0.25) is 0 Å². The summed E-state index contributed by atoms with van der Waals surface area (Å²) in [5.41, 5.74) is 1.75. The number of unbranched alkanes of at least 4 members (excludes halogenated alkanes) is 1. The van der Waals surface area contributed by atoms with E-state index in [1.807, 2.05) is 13.8 Å². The molecule has 0 heterocycles. The summed E-state index contributed by atoms with van der Waals surface area (Å²) in [5, 5.41) is 0. The molecule has 0 aliphatic rings. The predicted molar refractivity (Wildman–Crippen MR) is 124 cm³/mol. The molecule has 0 aliphatic carbocycles. The van der Waals surface area contributed by atoms with Crippen LogP contribution in [0.25, 0.3) is 0 Å². The molecule has 2 unspecified atom stereocenters. The van der Waals surface area contributed by atoms with Crippen LogP contribution in [-0.2, 0) is 0 Å². The van der Waals surface area contributed by atoms with Gasteiger partial charge in [0.15, 0.2) is 0 Å². The van der Waals surface area contributed by atoms with E-state index in [-0.39, 0.29) is 0 Å². The molecule has 0 saturated heterocycles. The Morgan fingerprint density at radius 2 is 0.692 bits per heavy atom. The molecule has 0 nitrogen and oxygen atoms in total. The third-order valence-corrected chi connectivity index (χ3v) is 5.52. The van der Waals surface area contributed by atoms with Crippen LogP contribution in [0.5, 0.6) is 0 Å². The van der Waals surface area contributed by atoms with Crippen molar-refractivity contribution < 1.29 is 0 Å². The zero-order chi connectivity index (χ0) is 21.4. The van der Waals surface area contributed by atoms with Gasteiger partial charge in [0.05, 0.1) is 0 Å². The van der Waals surface area contributed by atoms with Crippen molar-refractivity contribution in [3.63, 3.8) is 0 Å². The van der Waals surface area contributed by atoms with Gasteiger partial charge in [0.25, 0.3) is 0 Å². The van der Waals surface area contributed by atoms with Gasteiger partial charge in [-0.2, -0.15) is 0 Å². The number of hydrogen-bond acceptors (Lipinski definition) is 0. The van der Waals surface area contributed by atoms with Gasteiger partial charge >= 0.3 is 0 Å². The summed E-state index contributed by atoms with van der Waals surface area (Å²) in [5.74, 6) is 1.68. The first-order valence-corrected chi connectivity index (χ1v) is 11.4. The maximum Gasteiger partial charge on any atom is -0.0354 e. The van der Waals surface area contributed by atoms with Crippen molar-refractivity contribution in [1.82, 2.24) is 0 Å². The van der Waals surface area contributed by atoms with Crippen LogP contribution >= 0.6 is 0 Å². The average molecular weight is 369 g/mol. The lowest BCUT2D eigenvalue weighted by Gasteiger charge is -2.37. The van der Waals surface area contributed by atoms with E-state index in [1.165, 1.54) is 38.5 Å². The molecular formula is C26H56. The standard InChI is InChI=1S/C24H50.C2H6/c1-21(2,3)17-19(23(7,8)9)15-13-14-16-20(24(10,11)12)18-22(4,5)6;1-2/h19-20H,13-18H2,1-12H3;1-2H3. The molecule has 0 aromatic rings. The molecule has 0 rings (SSSR count). The van der Waals surface area contributed by atoms with E-state index in [2.05, 4.69) is 83.1 Å². The molecule has 0 aromatic carbocycles. The maximum atomic E-state index is 2.43. The Kier molecular flexibility index (Phi) is 12.1. The first-order chi connectivity index (χ1) is 11.4. The van der Waals surface area contributed by atoms with Gasteiger partial charge in [-0.15, -0.1) is 0 Å². The van der Waals surface area contributed by atoms with Gasteiger partial charge < -0.3 is 0 Å². The van der Waals surface area contributed by atoms with E-state index in [0.29, 0.717) is 21.7 Å². The highest BCUT2D eigenvalue weighted by Crippen LogP contribution is 2.41. The van der Waals surface area contributed by atoms with Crippen molar-refractivity contribution in [2.45, 2.75) is 135 Å². The van der Waals surface area contributed by atoms with E-state index in [9.17, 15) is 0 Å². The number of rotatable bonds is 7. The summed E-state index contributed by atoms with van der Waals surface area (Å²) in [7, 11) is 0. The topological polar surface area (TPSA) is 0 Å². The lowest BCUT2D eigenvalue weighted by Crippen LogP contribution is -2.26. The fourth-order valence-electron chi connectivity index (χ4n) is 3.94. The summed E-state index contributed by atoms with van der Waals surface area (Å²) in [4.78, 5) is 0. The molecule has 0 bridgehead atoms. The Bertz CT molecular complexity index is 298. The minimum Gasteiger partial charge on any atom is -0.0683 e. The summed E-state index contributed by atoms with van der Waals surface area (Å²) in [6.07, 6.45) is 8.28. The molecule has 26 heavy (non-hydrogen) atoms. The minimum absolute atomic E-state index is 0.433. The Labute approximate surface area is 169 Å². The highest BCUT2D eigenvalue weighted by Gasteiger charge is 2.30. The highest BCUT2D eigenvalue weighted by molar-refractivity contribution is 4.81. The summed E-state index contributed by atoms with van der Waals surface area (Å²) in [6.45, 7) is 33.0. The Morgan fingerprint density at radius 1 is 0.462 bits per heavy atom. The average Bonchev–Trinajstić information content (AvgIpc) is 2.38. The molecular weight excluding hydrogens is 312 g/mol. The van der Waals surface area contributed by atoms with E-state index < -0.39 is 0 Å². The lowest BCUT2D eigenvalue weighted by atomic mass is 9.68. The second-order valence-electron chi connectivity index (χ2n) is 12.9. The van der Waals surface area contributed by atoms with Crippen LogP contribution < -0.4 is 0 Å². The molecule has 0 heteroatoms. The van der Waals surface area contributed by atoms with Crippen LogP contribution in [0.4, 0.5) is 0 Å². The van der Waals surface area contributed by atoms with Crippen LogP contribution in [-0.4, -0.2) is 0 Å². The van der Waals surface area contributed by atoms with E-state index in [1.54, 1.807) is 0 Å². The minimum atomic E-state index is 0.433. The van der Waals surface area contributed by atoms with Crippen molar-refractivity contribution in [2.24, 2.45) is 33.5 Å². The molecule has 0 aliphatic heterocycles. The van der Waals surface area contributed by atoms with E-state index >= 15 is 0 Å². The molecule has 0 radical (unpaired) electrons. The first kappa shape index (κ1) is 28.2. The van der Waals surface area contributed by atoms with Crippen LogP contribution in [0.3, 0.4) is 0 Å². The quantitative estimate of drug-likeness (QED) is 0.392. The number of hydrogen-bond donors (Lipinski definition) is 0. The normalized spacial score (nSPS) is 15.9. The van der Waals surface area contributed by atoms with Gasteiger partial charge in [-0.05, 0) is 59.2 Å². The van der Waals surface area contributed by atoms with Crippen LogP contribution in [0, 0.1) is 33.5 Å². The van der Waals surface area contributed by atoms with Gasteiger partial charge in [-0.3, -0.25) is 0 Å². The van der Waals surface area contributed by atoms with Crippen LogP contribution in [0.2, 0.25) is 0 Å². The molecule has 0 saturated carbocycles. The molecule has 2 atom stereocenters. The molecule has 0 amide bonds. The van der Waals surface area contributed by atoms with Gasteiger partial charge in [0.1, 0.15) is 0 Å². The predicted octanol–water partition coefficient (Wildman–Crippen LogP) is 9.77. The van der Waals surface area contributed by atoms with Crippen molar-refractivity contribution >= 4 is 0 Å². The largest absolute Gasteiger partial charge is 0.0683 e. The highest BCUT2D eigenvalue weighted by atomic mass is 14.4. The van der Waals surface area contributed by atoms with Gasteiger partial charge in [0, 0.05) is 0 Å². The Hall–Kier alpha value is 0. The molecule has 0 fully saturated rings. The zero-order valence-electron chi connectivity index (χ0n) is 21.4. The second-order valence-corrected chi connectivity index (χ2v) is 12.9. The van der Waals surface area contributed by atoms with Crippen LogP contribution in [0.15, 0.2) is 0 Å². The van der Waals surface area contributed by atoms with Gasteiger partial charge in [-0.1, -0.05) is 110 Å². The first-order valence-electron chi connectivity index (χ1n) is 11.4. The Balaban J connectivity index is 0. The third kappa shape index (κ3) is 15.1. The summed E-state index contributed by atoms with van der Waals surface area (Å²) < 4.78 is 0. The molecule has 0 N–H and O–H groups in total. The van der Waals surface area contributed by atoms with Gasteiger partial charge in [-0.25, -0.2) is 0 Å². The van der Waals surface area contributed by atoms with Crippen molar-refractivity contribution in [3.8, 4) is 0 Å². The maximum absolute atomic E-state index is 2.43. The van der Waals surface area contributed by atoms with Crippen molar-refractivity contribution in [3.05, 3.63) is 0 Å². The molecule has 0 aromatic heterocycles. The van der Waals surface area contributed by atoms with E-state index in [4.69, 9.17) is 0 Å². The van der Waals surface area contributed by atoms with E-state index in [0.717, 1.165) is 11.8 Å². The summed E-state index contributed by atoms with van der Waals surface area (Å²) in [6, 6.07) is 0. The smallest absolute Gasteiger partial charge is 0.0354 e. The zero-order valence-corrected chi connectivity index (χ0v) is 21.4. The molecule has 0 spiro atoms. The SMILES string of the molecule is CC.CC(C)(C)CC(CCCCC(CC(C)(C)C)C(C)(C)C)C(C)(C)C. The summed E-state index contributed by atoms with van der Waals surface area (Å²) >= 11 is 0. The Morgan fingerprint density at radius 3 is 0.846 bits per heavy atom. The monoisotopic (exact) mass is 368 g/mol.